The zero-order valence-corrected chi connectivity index (χ0v) is 13.5. The van der Waals surface area contributed by atoms with Crippen molar-refractivity contribution in [1.82, 2.24) is 10.2 Å². The van der Waals surface area contributed by atoms with Crippen LogP contribution in [0.15, 0.2) is 18.2 Å². The highest BCUT2D eigenvalue weighted by molar-refractivity contribution is 6.39. The molecule has 9 heteroatoms. The number of anilines is 1. The summed E-state index contributed by atoms with van der Waals surface area (Å²) in [4.78, 5) is 36.8. The molecule has 1 aliphatic heterocycles. The van der Waals surface area contributed by atoms with Crippen LogP contribution in [0.1, 0.15) is 18.4 Å². The number of ether oxygens (including phenoxy) is 1. The Morgan fingerprint density at radius 1 is 1.28 bits per heavy atom. The number of hydrogen-bond donors (Lipinski definition) is 2. The minimum absolute atomic E-state index is 0.151. The van der Waals surface area contributed by atoms with Gasteiger partial charge in [0, 0.05) is 24.8 Å². The molecule has 1 aromatic carbocycles. The van der Waals surface area contributed by atoms with Crippen LogP contribution < -0.4 is 10.6 Å². The highest BCUT2D eigenvalue weighted by atomic mass is 19.1. The van der Waals surface area contributed by atoms with Crippen LogP contribution in [0.2, 0.25) is 0 Å². The van der Waals surface area contributed by atoms with E-state index < -0.39 is 23.7 Å². The second-order valence-electron chi connectivity index (χ2n) is 5.47. The molecule has 0 aromatic heterocycles. The predicted molar refractivity (Wildman–Crippen MR) is 84.9 cm³/mol. The van der Waals surface area contributed by atoms with E-state index >= 15 is 0 Å². The molecule has 1 saturated heterocycles. The maximum absolute atomic E-state index is 13.2. The third-order valence-electron chi connectivity index (χ3n) is 3.81. The SMILES string of the molecule is COC(=O)N1CCC(NC(=O)C(=O)Nc2ccc(F)c(C#N)c2)CC1. The molecule has 1 heterocycles. The molecule has 1 aromatic rings. The molecule has 0 aliphatic carbocycles. The van der Waals surface area contributed by atoms with Gasteiger partial charge in [0.05, 0.1) is 12.7 Å². The molecule has 1 aliphatic rings. The fraction of sp³-hybridized carbons (Fsp3) is 0.375. The molecule has 8 nitrogen and oxygen atoms in total. The number of nitrogens with zero attached hydrogens (tertiary/aromatic N) is 2. The van der Waals surface area contributed by atoms with Gasteiger partial charge in [-0.3, -0.25) is 9.59 Å². The van der Waals surface area contributed by atoms with Gasteiger partial charge < -0.3 is 20.3 Å². The number of benzene rings is 1. The molecule has 3 amide bonds. The van der Waals surface area contributed by atoms with E-state index in [2.05, 4.69) is 15.4 Å². The number of rotatable bonds is 2. The lowest BCUT2D eigenvalue weighted by Gasteiger charge is -2.31. The highest BCUT2D eigenvalue weighted by Gasteiger charge is 2.26. The van der Waals surface area contributed by atoms with Crippen LogP contribution in [0.25, 0.3) is 0 Å². The Bertz CT molecular complexity index is 723. The van der Waals surface area contributed by atoms with Crippen LogP contribution in [0, 0.1) is 17.1 Å². The van der Waals surface area contributed by atoms with E-state index in [-0.39, 0.29) is 17.3 Å². The summed E-state index contributed by atoms with van der Waals surface area (Å²) < 4.78 is 17.9. The van der Waals surface area contributed by atoms with Crippen LogP contribution in [0.3, 0.4) is 0 Å². The number of carbonyl (C=O) groups excluding carboxylic acids is 3. The first-order valence-electron chi connectivity index (χ1n) is 7.59. The molecule has 132 valence electrons. The summed E-state index contributed by atoms with van der Waals surface area (Å²) >= 11 is 0. The number of hydrogen-bond acceptors (Lipinski definition) is 5. The third-order valence-corrected chi connectivity index (χ3v) is 3.81. The third kappa shape index (κ3) is 4.67. The second-order valence-corrected chi connectivity index (χ2v) is 5.47. The van der Waals surface area contributed by atoms with E-state index in [0.717, 1.165) is 12.1 Å². The Balaban J connectivity index is 1.86. The van der Waals surface area contributed by atoms with Crippen molar-refractivity contribution in [3.8, 4) is 6.07 Å². The molecule has 0 spiro atoms. The van der Waals surface area contributed by atoms with Gasteiger partial charge in [-0.15, -0.1) is 0 Å². The molecule has 0 unspecified atom stereocenters. The number of carbonyl (C=O) groups is 3. The molecule has 0 bridgehead atoms. The average molecular weight is 348 g/mol. The van der Waals surface area contributed by atoms with Gasteiger partial charge in [0.15, 0.2) is 0 Å². The summed E-state index contributed by atoms with van der Waals surface area (Å²) in [6.07, 6.45) is 0.582. The van der Waals surface area contributed by atoms with Crippen molar-refractivity contribution in [3.05, 3.63) is 29.6 Å². The van der Waals surface area contributed by atoms with Gasteiger partial charge >= 0.3 is 17.9 Å². The Kier molecular flexibility index (Phi) is 5.89. The van der Waals surface area contributed by atoms with Gasteiger partial charge in [-0.1, -0.05) is 0 Å². The molecule has 0 radical (unpaired) electrons. The van der Waals surface area contributed by atoms with Crippen molar-refractivity contribution >= 4 is 23.6 Å². The molecular formula is C16H17FN4O4. The number of halogens is 1. The first-order valence-corrected chi connectivity index (χ1v) is 7.59. The molecule has 2 rings (SSSR count). The van der Waals surface area contributed by atoms with Crippen molar-refractivity contribution in [2.24, 2.45) is 0 Å². The van der Waals surface area contributed by atoms with Crippen molar-refractivity contribution < 1.29 is 23.5 Å². The summed E-state index contributed by atoms with van der Waals surface area (Å²) in [6, 6.07) is 4.86. The van der Waals surface area contributed by atoms with E-state index in [1.807, 2.05) is 0 Å². The minimum Gasteiger partial charge on any atom is -0.453 e. The van der Waals surface area contributed by atoms with Crippen LogP contribution in [-0.2, 0) is 14.3 Å². The highest BCUT2D eigenvalue weighted by Crippen LogP contribution is 2.14. The molecule has 25 heavy (non-hydrogen) atoms. The van der Waals surface area contributed by atoms with E-state index in [9.17, 15) is 18.8 Å². The average Bonchev–Trinajstić information content (AvgIpc) is 2.63. The van der Waals surface area contributed by atoms with Gasteiger partial charge in [-0.25, -0.2) is 9.18 Å². The van der Waals surface area contributed by atoms with Gasteiger partial charge in [-0.2, -0.15) is 5.26 Å². The number of nitrogens with one attached hydrogen (secondary N) is 2. The second kappa shape index (κ2) is 8.10. The monoisotopic (exact) mass is 348 g/mol. The Labute approximate surface area is 143 Å². The van der Waals surface area contributed by atoms with Crippen molar-refractivity contribution in [2.45, 2.75) is 18.9 Å². The fourth-order valence-corrected chi connectivity index (χ4v) is 2.46. The first-order chi connectivity index (χ1) is 11.9. The van der Waals surface area contributed by atoms with Crippen molar-refractivity contribution in [2.75, 3.05) is 25.5 Å². The Morgan fingerprint density at radius 2 is 1.96 bits per heavy atom. The summed E-state index contributed by atoms with van der Waals surface area (Å²) in [6.45, 7) is 0.839. The van der Waals surface area contributed by atoms with Crippen LogP contribution >= 0.6 is 0 Å². The van der Waals surface area contributed by atoms with E-state index in [1.165, 1.54) is 18.1 Å². The van der Waals surface area contributed by atoms with Gasteiger partial charge in [0.25, 0.3) is 0 Å². The summed E-state index contributed by atoms with van der Waals surface area (Å²) in [5, 5.41) is 13.7. The number of likely N-dealkylation sites (tertiary alicyclic amines) is 1. The first kappa shape index (κ1) is 18.2. The maximum Gasteiger partial charge on any atom is 0.409 e. The number of amides is 3. The standard InChI is InChI=1S/C16H17FN4O4/c1-25-16(24)21-6-4-11(5-7-21)19-14(22)15(23)20-12-2-3-13(17)10(8-12)9-18/h2-3,8,11H,4-7H2,1H3,(H,19,22)(H,20,23). The quantitative estimate of drug-likeness (QED) is 0.774. The van der Waals surface area contributed by atoms with Crippen LogP contribution in [-0.4, -0.2) is 49.0 Å². The van der Waals surface area contributed by atoms with E-state index in [4.69, 9.17) is 5.26 Å². The molecule has 1 fully saturated rings. The normalized spacial score (nSPS) is 14.4. The fourth-order valence-electron chi connectivity index (χ4n) is 2.46. The molecule has 2 N–H and O–H groups in total. The Morgan fingerprint density at radius 3 is 2.56 bits per heavy atom. The zero-order chi connectivity index (χ0) is 18.4. The molecular weight excluding hydrogens is 331 g/mol. The largest absolute Gasteiger partial charge is 0.453 e. The number of piperidine rings is 1. The lowest BCUT2D eigenvalue weighted by Crippen LogP contribution is -2.48. The van der Waals surface area contributed by atoms with Crippen LogP contribution in [0.4, 0.5) is 14.9 Å². The van der Waals surface area contributed by atoms with Crippen LogP contribution in [0.5, 0.6) is 0 Å². The summed E-state index contributed by atoms with van der Waals surface area (Å²) in [7, 11) is 1.30. The molecule has 0 atom stereocenters. The van der Waals surface area contributed by atoms with Crippen molar-refractivity contribution in [3.63, 3.8) is 0 Å². The van der Waals surface area contributed by atoms with E-state index in [1.54, 1.807) is 6.07 Å². The van der Waals surface area contributed by atoms with Gasteiger partial charge in [-0.05, 0) is 31.0 Å². The minimum atomic E-state index is -0.911. The summed E-state index contributed by atoms with van der Waals surface area (Å²) in [5.41, 5.74) is -0.0769. The lowest BCUT2D eigenvalue weighted by molar-refractivity contribution is -0.136. The number of methoxy groups -OCH3 is 1. The smallest absolute Gasteiger partial charge is 0.409 e. The van der Waals surface area contributed by atoms with Crippen molar-refractivity contribution in [1.29, 1.82) is 5.26 Å². The molecule has 0 saturated carbocycles. The summed E-state index contributed by atoms with van der Waals surface area (Å²) in [5.74, 6) is -2.45. The number of nitriles is 1. The predicted octanol–water partition coefficient (Wildman–Crippen LogP) is 0.983. The topological polar surface area (TPSA) is 112 Å². The zero-order valence-electron chi connectivity index (χ0n) is 13.5. The maximum atomic E-state index is 13.2. The van der Waals surface area contributed by atoms with Gasteiger partial charge in [0.1, 0.15) is 11.9 Å². The Hall–Kier alpha value is -3.15. The van der Waals surface area contributed by atoms with E-state index in [0.29, 0.717) is 25.9 Å². The lowest BCUT2D eigenvalue weighted by atomic mass is 10.1. The van der Waals surface area contributed by atoms with Gasteiger partial charge in [0.2, 0.25) is 0 Å².